The largest absolute Gasteiger partial charge is 0.354 e. The van der Waals surface area contributed by atoms with Crippen molar-refractivity contribution < 1.29 is 4.79 Å². The van der Waals surface area contributed by atoms with E-state index in [2.05, 4.69) is 12.2 Å². The lowest BCUT2D eigenvalue weighted by molar-refractivity contribution is -0.120. The van der Waals surface area contributed by atoms with Gasteiger partial charge in [0.2, 0.25) is 5.91 Å². The van der Waals surface area contributed by atoms with Gasteiger partial charge >= 0.3 is 0 Å². The van der Waals surface area contributed by atoms with Crippen molar-refractivity contribution in [3.05, 3.63) is 35.9 Å². The fraction of sp³-hybridized carbons (Fsp3) is 0.533. The third kappa shape index (κ3) is 8.46. The van der Waals surface area contributed by atoms with E-state index in [-0.39, 0.29) is 24.4 Å². The Balaban J connectivity index is 0.00000361. The third-order valence-electron chi connectivity index (χ3n) is 2.86. The Morgan fingerprint density at radius 3 is 2.65 bits per heavy atom. The van der Waals surface area contributed by atoms with Crippen LogP contribution in [0.4, 0.5) is 0 Å². The Kier molecular flexibility index (Phi) is 11.6. The van der Waals surface area contributed by atoms with Gasteiger partial charge < -0.3 is 11.1 Å². The fourth-order valence-corrected chi connectivity index (χ4v) is 2.67. The van der Waals surface area contributed by atoms with Crippen molar-refractivity contribution in [1.82, 2.24) is 5.32 Å². The summed E-state index contributed by atoms with van der Waals surface area (Å²) in [5.74, 6) is 2.13. The predicted molar refractivity (Wildman–Crippen MR) is 90.5 cm³/mol. The van der Waals surface area contributed by atoms with Crippen molar-refractivity contribution in [3.63, 3.8) is 0 Å². The molecule has 0 aliphatic heterocycles. The van der Waals surface area contributed by atoms with Crippen LogP contribution in [0.15, 0.2) is 30.3 Å². The maximum absolute atomic E-state index is 11.6. The van der Waals surface area contributed by atoms with Crippen molar-refractivity contribution >= 4 is 30.1 Å². The summed E-state index contributed by atoms with van der Waals surface area (Å²) in [6, 6.07) is 9.72. The van der Waals surface area contributed by atoms with Gasteiger partial charge in [-0.25, -0.2) is 0 Å². The van der Waals surface area contributed by atoms with E-state index in [1.165, 1.54) is 12.8 Å². The Bertz CT molecular complexity index is 362. The molecule has 0 fully saturated rings. The van der Waals surface area contributed by atoms with E-state index in [1.54, 1.807) is 0 Å². The molecule has 3 N–H and O–H groups in total. The van der Waals surface area contributed by atoms with Crippen molar-refractivity contribution in [2.45, 2.75) is 32.2 Å². The molecule has 1 amide bonds. The van der Waals surface area contributed by atoms with Crippen LogP contribution in [0.25, 0.3) is 0 Å². The number of hydrogen-bond donors (Lipinski definition) is 2. The molecule has 1 atom stereocenters. The van der Waals surface area contributed by atoms with Gasteiger partial charge in [0.1, 0.15) is 0 Å². The lowest BCUT2D eigenvalue weighted by Gasteiger charge is -2.13. The van der Waals surface area contributed by atoms with Crippen LogP contribution in [0.2, 0.25) is 0 Å². The van der Waals surface area contributed by atoms with E-state index in [1.807, 2.05) is 42.1 Å². The fourth-order valence-electron chi connectivity index (χ4n) is 1.64. The molecule has 1 unspecified atom stereocenters. The number of carbonyl (C=O) groups excluding carboxylic acids is 1. The molecule has 3 nitrogen and oxygen atoms in total. The van der Waals surface area contributed by atoms with E-state index in [0.717, 1.165) is 17.1 Å². The summed E-state index contributed by atoms with van der Waals surface area (Å²) in [5.41, 5.74) is 7.07. The van der Waals surface area contributed by atoms with E-state index in [0.29, 0.717) is 13.0 Å². The van der Waals surface area contributed by atoms with Crippen LogP contribution in [0.3, 0.4) is 0 Å². The number of unbranched alkanes of at least 4 members (excludes halogenated alkanes) is 1. The van der Waals surface area contributed by atoms with Crippen LogP contribution in [0, 0.1) is 0 Å². The topological polar surface area (TPSA) is 55.1 Å². The highest BCUT2D eigenvalue weighted by Crippen LogP contribution is 2.09. The number of carbonyl (C=O) groups is 1. The first-order valence-electron chi connectivity index (χ1n) is 6.89. The van der Waals surface area contributed by atoms with Crippen LogP contribution < -0.4 is 11.1 Å². The Morgan fingerprint density at radius 2 is 2.00 bits per heavy atom. The van der Waals surface area contributed by atoms with Gasteiger partial charge in [0.05, 0.1) is 0 Å². The smallest absolute Gasteiger partial charge is 0.220 e. The van der Waals surface area contributed by atoms with E-state index in [4.69, 9.17) is 5.73 Å². The van der Waals surface area contributed by atoms with Gasteiger partial charge in [-0.3, -0.25) is 4.79 Å². The Hall–Kier alpha value is -0.710. The number of halogens is 1. The van der Waals surface area contributed by atoms with Gasteiger partial charge in [0.15, 0.2) is 0 Å². The van der Waals surface area contributed by atoms with Crippen molar-refractivity contribution in [3.8, 4) is 0 Å². The highest BCUT2D eigenvalue weighted by Gasteiger charge is 2.07. The maximum Gasteiger partial charge on any atom is 0.220 e. The molecule has 1 rings (SSSR count). The molecule has 0 saturated heterocycles. The molecule has 0 aliphatic rings. The van der Waals surface area contributed by atoms with E-state index in [9.17, 15) is 4.79 Å². The summed E-state index contributed by atoms with van der Waals surface area (Å²) in [6.45, 7) is 2.68. The quantitative estimate of drug-likeness (QED) is 0.688. The zero-order valence-corrected chi connectivity index (χ0v) is 13.6. The van der Waals surface area contributed by atoms with Gasteiger partial charge in [-0.15, -0.1) is 12.4 Å². The van der Waals surface area contributed by atoms with Gasteiger partial charge in [0, 0.05) is 24.8 Å². The summed E-state index contributed by atoms with van der Waals surface area (Å²) < 4.78 is 0. The second-order valence-electron chi connectivity index (χ2n) is 4.54. The number of amides is 1. The first-order chi connectivity index (χ1) is 9.24. The average molecular weight is 317 g/mol. The molecule has 0 aliphatic carbocycles. The molecule has 0 radical (unpaired) electrons. The number of hydrogen-bond acceptors (Lipinski definition) is 3. The number of nitrogens with two attached hydrogens (primary N) is 1. The molecule has 0 bridgehead atoms. The van der Waals surface area contributed by atoms with Crippen LogP contribution in [-0.4, -0.2) is 24.0 Å². The van der Waals surface area contributed by atoms with Crippen LogP contribution in [0.5, 0.6) is 0 Å². The first-order valence-corrected chi connectivity index (χ1v) is 8.04. The van der Waals surface area contributed by atoms with Crippen LogP contribution in [0.1, 0.15) is 37.8 Å². The Morgan fingerprint density at radius 1 is 1.30 bits per heavy atom. The van der Waals surface area contributed by atoms with Gasteiger partial charge in [-0.1, -0.05) is 43.7 Å². The minimum Gasteiger partial charge on any atom is -0.354 e. The molecular formula is C15H25ClN2OS. The number of benzene rings is 1. The van der Waals surface area contributed by atoms with Crippen LogP contribution >= 0.6 is 24.2 Å². The number of nitrogens with one attached hydrogen (secondary N) is 1. The maximum atomic E-state index is 11.6. The highest BCUT2D eigenvalue weighted by atomic mass is 35.5. The molecule has 0 spiro atoms. The van der Waals surface area contributed by atoms with Crippen molar-refractivity contribution in [1.29, 1.82) is 0 Å². The SMILES string of the molecule is CCCCSCCC(=O)NCC(N)c1ccccc1.Cl. The summed E-state index contributed by atoms with van der Waals surface area (Å²) in [5, 5.41) is 2.89. The molecular weight excluding hydrogens is 292 g/mol. The summed E-state index contributed by atoms with van der Waals surface area (Å²) in [6.07, 6.45) is 3.02. The molecule has 0 aromatic heterocycles. The highest BCUT2D eigenvalue weighted by molar-refractivity contribution is 7.99. The Labute approximate surface area is 132 Å². The minimum absolute atomic E-state index is 0. The second-order valence-corrected chi connectivity index (χ2v) is 5.76. The normalized spacial score (nSPS) is 11.5. The molecule has 20 heavy (non-hydrogen) atoms. The number of thioether (sulfide) groups is 1. The molecule has 1 aromatic rings. The minimum atomic E-state index is -0.127. The van der Waals surface area contributed by atoms with Crippen LogP contribution in [-0.2, 0) is 4.79 Å². The van der Waals surface area contributed by atoms with Crippen molar-refractivity contribution in [2.24, 2.45) is 5.73 Å². The third-order valence-corrected chi connectivity index (χ3v) is 3.93. The molecule has 0 saturated carbocycles. The van der Waals surface area contributed by atoms with E-state index < -0.39 is 0 Å². The lowest BCUT2D eigenvalue weighted by atomic mass is 10.1. The van der Waals surface area contributed by atoms with Gasteiger partial charge in [0.25, 0.3) is 0 Å². The number of rotatable bonds is 9. The molecule has 114 valence electrons. The lowest BCUT2D eigenvalue weighted by Crippen LogP contribution is -2.32. The molecule has 5 heteroatoms. The molecule has 0 heterocycles. The second kappa shape index (κ2) is 12.1. The van der Waals surface area contributed by atoms with Gasteiger partial charge in [-0.2, -0.15) is 11.8 Å². The first kappa shape index (κ1) is 19.3. The summed E-state index contributed by atoms with van der Waals surface area (Å²) in [7, 11) is 0. The van der Waals surface area contributed by atoms with Gasteiger partial charge in [-0.05, 0) is 17.7 Å². The average Bonchev–Trinajstić information content (AvgIpc) is 2.45. The van der Waals surface area contributed by atoms with E-state index >= 15 is 0 Å². The standard InChI is InChI=1S/C15H24N2OS.ClH/c1-2-3-10-19-11-9-15(18)17-12-14(16)13-7-5-4-6-8-13;/h4-8,14H,2-3,9-12,16H2,1H3,(H,17,18);1H. The predicted octanol–water partition coefficient (Wildman–Crippen LogP) is 3.15. The summed E-state index contributed by atoms with van der Waals surface area (Å²) >= 11 is 1.84. The summed E-state index contributed by atoms with van der Waals surface area (Å²) in [4.78, 5) is 11.6. The van der Waals surface area contributed by atoms with Crippen molar-refractivity contribution in [2.75, 3.05) is 18.1 Å². The molecule has 1 aromatic carbocycles. The monoisotopic (exact) mass is 316 g/mol. The zero-order valence-electron chi connectivity index (χ0n) is 12.0. The zero-order chi connectivity index (χ0) is 13.9.